The summed E-state index contributed by atoms with van der Waals surface area (Å²) in [6.07, 6.45) is 1.50. The van der Waals surface area contributed by atoms with Crippen LogP contribution in [-0.2, 0) is 0 Å². The molecule has 76 valence electrons. The molecule has 0 radical (unpaired) electrons. The van der Waals surface area contributed by atoms with Crippen molar-refractivity contribution >= 4 is 29.3 Å². The minimum absolute atomic E-state index is 0.289. The minimum Gasteiger partial charge on any atom is -0.478 e. The van der Waals surface area contributed by atoms with Crippen LogP contribution < -0.4 is 0 Å². The van der Waals surface area contributed by atoms with E-state index in [1.165, 1.54) is 29.6 Å². The number of carboxylic acid groups (broad SMARTS) is 1. The molecule has 0 bridgehead atoms. The van der Waals surface area contributed by atoms with Crippen molar-refractivity contribution in [2.45, 2.75) is 9.24 Å². The summed E-state index contributed by atoms with van der Waals surface area (Å²) in [6, 6.07) is 6.67. The van der Waals surface area contributed by atoms with E-state index >= 15 is 0 Å². The van der Waals surface area contributed by atoms with Gasteiger partial charge >= 0.3 is 5.97 Å². The SMILES string of the molecule is O=C(O)c1ccc(Sc2ncns2)cc1. The molecule has 1 aromatic carbocycles. The van der Waals surface area contributed by atoms with Gasteiger partial charge in [0.05, 0.1) is 5.56 Å². The number of hydrogen-bond donors (Lipinski definition) is 1. The molecule has 0 atom stereocenters. The highest BCUT2D eigenvalue weighted by molar-refractivity contribution is 8.01. The summed E-state index contributed by atoms with van der Waals surface area (Å²) in [7, 11) is 0. The minimum atomic E-state index is -0.914. The van der Waals surface area contributed by atoms with Gasteiger partial charge in [0.15, 0.2) is 4.34 Å². The van der Waals surface area contributed by atoms with Crippen molar-refractivity contribution in [3.05, 3.63) is 36.2 Å². The third kappa shape index (κ3) is 2.54. The van der Waals surface area contributed by atoms with Gasteiger partial charge in [0.25, 0.3) is 0 Å². The van der Waals surface area contributed by atoms with E-state index in [9.17, 15) is 4.79 Å². The van der Waals surface area contributed by atoms with Gasteiger partial charge in [0.2, 0.25) is 0 Å². The van der Waals surface area contributed by atoms with Crippen molar-refractivity contribution in [2.24, 2.45) is 0 Å². The quantitative estimate of drug-likeness (QED) is 0.889. The van der Waals surface area contributed by atoms with Crippen LogP contribution >= 0.6 is 23.3 Å². The van der Waals surface area contributed by atoms with Gasteiger partial charge in [-0.05, 0) is 35.8 Å². The van der Waals surface area contributed by atoms with Crippen LogP contribution in [0.3, 0.4) is 0 Å². The number of carboxylic acids is 1. The fourth-order valence-electron chi connectivity index (χ4n) is 0.974. The van der Waals surface area contributed by atoms with Gasteiger partial charge in [-0.3, -0.25) is 0 Å². The van der Waals surface area contributed by atoms with E-state index in [0.717, 1.165) is 9.24 Å². The molecule has 0 spiro atoms. The largest absolute Gasteiger partial charge is 0.478 e. The van der Waals surface area contributed by atoms with Gasteiger partial charge in [0, 0.05) is 4.90 Å². The maximum atomic E-state index is 10.6. The predicted octanol–water partition coefficient (Wildman–Crippen LogP) is 2.39. The average molecular weight is 238 g/mol. The lowest BCUT2D eigenvalue weighted by Crippen LogP contribution is -1.94. The van der Waals surface area contributed by atoms with Crippen LogP contribution in [0.5, 0.6) is 0 Å². The number of carbonyl (C=O) groups is 1. The Morgan fingerprint density at radius 2 is 2.07 bits per heavy atom. The second-order valence-corrected chi connectivity index (χ2v) is 4.74. The van der Waals surface area contributed by atoms with Gasteiger partial charge < -0.3 is 5.11 Å². The maximum Gasteiger partial charge on any atom is 0.335 e. The van der Waals surface area contributed by atoms with Crippen LogP contribution in [0, 0.1) is 0 Å². The summed E-state index contributed by atoms with van der Waals surface area (Å²) in [6.45, 7) is 0. The molecule has 0 saturated carbocycles. The molecule has 0 fully saturated rings. The van der Waals surface area contributed by atoms with E-state index in [1.807, 2.05) is 0 Å². The zero-order valence-electron chi connectivity index (χ0n) is 7.45. The van der Waals surface area contributed by atoms with Crippen molar-refractivity contribution < 1.29 is 9.90 Å². The Balaban J connectivity index is 2.14. The van der Waals surface area contributed by atoms with Gasteiger partial charge in [-0.15, -0.1) is 0 Å². The average Bonchev–Trinajstić information content (AvgIpc) is 2.71. The first-order chi connectivity index (χ1) is 7.25. The van der Waals surface area contributed by atoms with Gasteiger partial charge in [-0.2, -0.15) is 4.37 Å². The topological polar surface area (TPSA) is 63.1 Å². The van der Waals surface area contributed by atoms with E-state index in [1.54, 1.807) is 24.3 Å². The summed E-state index contributed by atoms with van der Waals surface area (Å²) < 4.78 is 4.73. The van der Waals surface area contributed by atoms with E-state index < -0.39 is 5.97 Å². The van der Waals surface area contributed by atoms with Crippen LogP contribution in [0.1, 0.15) is 10.4 Å². The molecule has 0 unspecified atom stereocenters. The lowest BCUT2D eigenvalue weighted by Gasteiger charge is -1.97. The lowest BCUT2D eigenvalue weighted by molar-refractivity contribution is 0.0697. The molecular weight excluding hydrogens is 232 g/mol. The number of nitrogens with zero attached hydrogens (tertiary/aromatic N) is 2. The summed E-state index contributed by atoms with van der Waals surface area (Å²) in [4.78, 5) is 15.6. The Bertz CT molecular complexity index is 453. The number of hydrogen-bond acceptors (Lipinski definition) is 5. The first-order valence-corrected chi connectivity index (χ1v) is 5.62. The highest BCUT2D eigenvalue weighted by atomic mass is 32.2. The van der Waals surface area contributed by atoms with E-state index in [0.29, 0.717) is 0 Å². The zero-order valence-corrected chi connectivity index (χ0v) is 9.09. The molecule has 15 heavy (non-hydrogen) atoms. The fraction of sp³-hybridized carbons (Fsp3) is 0. The summed E-state index contributed by atoms with van der Waals surface area (Å²) in [5.74, 6) is -0.914. The van der Waals surface area contributed by atoms with Crippen LogP contribution in [0.15, 0.2) is 39.8 Å². The molecule has 2 aromatic rings. The normalized spacial score (nSPS) is 10.1. The standard InChI is InChI=1S/C9H6N2O2S2/c12-8(13)6-1-3-7(4-2-6)14-9-10-5-11-15-9/h1-5H,(H,12,13). The molecular formula is C9H6N2O2S2. The van der Waals surface area contributed by atoms with Crippen LogP contribution in [0.2, 0.25) is 0 Å². The molecule has 0 amide bonds. The smallest absolute Gasteiger partial charge is 0.335 e. The third-order valence-electron chi connectivity index (χ3n) is 1.65. The van der Waals surface area contributed by atoms with E-state index in [-0.39, 0.29) is 5.56 Å². The molecule has 0 aliphatic heterocycles. The fourth-order valence-corrected chi connectivity index (χ4v) is 2.39. The first-order valence-electron chi connectivity index (χ1n) is 4.03. The molecule has 1 heterocycles. The number of aromatic carboxylic acids is 1. The summed E-state index contributed by atoms with van der Waals surface area (Å²) >= 11 is 2.78. The molecule has 1 N–H and O–H groups in total. The van der Waals surface area contributed by atoms with Crippen molar-refractivity contribution in [3.8, 4) is 0 Å². The monoisotopic (exact) mass is 238 g/mol. The van der Waals surface area contributed by atoms with Gasteiger partial charge in [-0.1, -0.05) is 11.8 Å². The number of rotatable bonds is 3. The maximum absolute atomic E-state index is 10.6. The highest BCUT2D eigenvalue weighted by Gasteiger charge is 2.03. The first kappa shape index (κ1) is 10.1. The Labute approximate surface area is 94.2 Å². The molecule has 0 aliphatic carbocycles. The Morgan fingerprint density at radius 1 is 1.33 bits per heavy atom. The van der Waals surface area contributed by atoms with Crippen LogP contribution in [0.4, 0.5) is 0 Å². The zero-order chi connectivity index (χ0) is 10.7. The molecule has 0 saturated heterocycles. The van der Waals surface area contributed by atoms with Gasteiger partial charge in [0.1, 0.15) is 6.33 Å². The van der Waals surface area contributed by atoms with Crippen LogP contribution in [-0.4, -0.2) is 20.4 Å². The summed E-state index contributed by atoms with van der Waals surface area (Å²) in [5.41, 5.74) is 0.289. The molecule has 0 aliphatic rings. The molecule has 2 rings (SSSR count). The molecule has 1 aromatic heterocycles. The lowest BCUT2D eigenvalue weighted by atomic mass is 10.2. The van der Waals surface area contributed by atoms with Crippen molar-refractivity contribution in [1.29, 1.82) is 0 Å². The Kier molecular flexibility index (Phi) is 2.98. The van der Waals surface area contributed by atoms with Crippen LogP contribution in [0.25, 0.3) is 0 Å². The number of aromatic nitrogens is 2. The Morgan fingerprint density at radius 3 is 2.60 bits per heavy atom. The highest BCUT2D eigenvalue weighted by Crippen LogP contribution is 2.27. The van der Waals surface area contributed by atoms with Gasteiger partial charge in [-0.25, -0.2) is 9.78 Å². The van der Waals surface area contributed by atoms with E-state index in [4.69, 9.17) is 5.11 Å². The van der Waals surface area contributed by atoms with Crippen molar-refractivity contribution in [3.63, 3.8) is 0 Å². The molecule has 6 heteroatoms. The third-order valence-corrected chi connectivity index (χ3v) is 3.37. The van der Waals surface area contributed by atoms with Crippen molar-refractivity contribution in [1.82, 2.24) is 9.36 Å². The molecule has 4 nitrogen and oxygen atoms in total. The van der Waals surface area contributed by atoms with E-state index in [2.05, 4.69) is 9.36 Å². The predicted molar refractivity (Wildman–Crippen MR) is 57.4 cm³/mol. The van der Waals surface area contributed by atoms with Crippen molar-refractivity contribution in [2.75, 3.05) is 0 Å². The second kappa shape index (κ2) is 4.41. The Hall–Kier alpha value is -1.40. The second-order valence-electron chi connectivity index (χ2n) is 2.64. The summed E-state index contributed by atoms with van der Waals surface area (Å²) in [5, 5.41) is 8.71. The number of benzene rings is 1.